The van der Waals surface area contributed by atoms with Crippen LogP contribution in [-0.4, -0.2) is 0 Å². The van der Waals surface area contributed by atoms with E-state index < -0.39 is 0 Å². The quantitative estimate of drug-likeness (QED) is 0.366. The molecule has 0 aromatic heterocycles. The van der Waals surface area contributed by atoms with Crippen molar-refractivity contribution in [1.82, 2.24) is 0 Å². The molecule has 0 fully saturated rings. The number of hydrogen-bond acceptors (Lipinski definition) is 4. The normalized spacial score (nSPS) is 10.9. The molecular formula is C26H26N4. The lowest BCUT2D eigenvalue weighted by Crippen LogP contribution is -1.99. The largest absolute Gasteiger partial charge is 0.399 e. The van der Waals surface area contributed by atoms with E-state index in [4.69, 9.17) is 22.9 Å². The number of nitrogen functional groups attached to an aromatic ring is 2. The molecule has 0 aliphatic heterocycles. The summed E-state index contributed by atoms with van der Waals surface area (Å²) in [6.45, 7) is 1.02. The first-order valence-electron chi connectivity index (χ1n) is 9.98. The summed E-state index contributed by atoms with van der Waals surface area (Å²) in [7, 11) is 0. The SMILES string of the molecule is NCc1ccc(-c2c(N)ccc(-c3ccc(N)cc3)c2-c2ccc(CN)cc2)cc1. The fourth-order valence-electron chi connectivity index (χ4n) is 3.75. The first-order chi connectivity index (χ1) is 14.6. The van der Waals surface area contributed by atoms with Crippen LogP contribution in [-0.2, 0) is 13.1 Å². The predicted molar refractivity (Wildman–Crippen MR) is 127 cm³/mol. The monoisotopic (exact) mass is 394 g/mol. The van der Waals surface area contributed by atoms with Crippen LogP contribution in [0, 0.1) is 0 Å². The molecule has 30 heavy (non-hydrogen) atoms. The maximum absolute atomic E-state index is 6.52. The Morgan fingerprint density at radius 1 is 0.467 bits per heavy atom. The Morgan fingerprint density at radius 3 is 1.43 bits per heavy atom. The Labute approximate surface area is 177 Å². The zero-order chi connectivity index (χ0) is 21.1. The minimum absolute atomic E-state index is 0.509. The number of rotatable bonds is 5. The number of anilines is 2. The van der Waals surface area contributed by atoms with Crippen molar-refractivity contribution in [1.29, 1.82) is 0 Å². The second kappa shape index (κ2) is 8.41. The standard InChI is InChI=1S/C26H26N4/c27-15-17-1-5-20(6-2-17)25-23(19-9-11-22(29)12-10-19)13-14-24(30)26(25)21-7-3-18(16-28)4-8-21/h1-14H,15-16,27-30H2. The Kier molecular flexibility index (Phi) is 5.53. The molecule has 4 aromatic rings. The van der Waals surface area contributed by atoms with E-state index in [0.29, 0.717) is 13.1 Å². The molecule has 0 unspecified atom stereocenters. The Hall–Kier alpha value is -3.60. The van der Waals surface area contributed by atoms with Gasteiger partial charge in [0.1, 0.15) is 0 Å². The molecule has 0 radical (unpaired) electrons. The summed E-state index contributed by atoms with van der Waals surface area (Å²) in [6, 6.07) is 28.6. The van der Waals surface area contributed by atoms with Gasteiger partial charge in [-0.15, -0.1) is 0 Å². The third-order valence-electron chi connectivity index (χ3n) is 5.42. The van der Waals surface area contributed by atoms with Crippen LogP contribution in [0.4, 0.5) is 11.4 Å². The fraction of sp³-hybridized carbons (Fsp3) is 0.0769. The van der Waals surface area contributed by atoms with Crippen molar-refractivity contribution < 1.29 is 0 Å². The van der Waals surface area contributed by atoms with Crippen molar-refractivity contribution in [3.63, 3.8) is 0 Å². The zero-order valence-electron chi connectivity index (χ0n) is 16.8. The Bertz CT molecular complexity index is 1150. The average Bonchev–Trinajstić information content (AvgIpc) is 2.80. The van der Waals surface area contributed by atoms with Gasteiger partial charge in [0, 0.05) is 30.0 Å². The first kappa shape index (κ1) is 19.7. The summed E-state index contributed by atoms with van der Waals surface area (Å²) >= 11 is 0. The maximum Gasteiger partial charge on any atom is 0.0400 e. The highest BCUT2D eigenvalue weighted by Gasteiger charge is 2.17. The molecule has 4 heteroatoms. The molecule has 4 nitrogen and oxygen atoms in total. The van der Waals surface area contributed by atoms with E-state index in [9.17, 15) is 0 Å². The number of benzene rings is 4. The van der Waals surface area contributed by atoms with Crippen LogP contribution in [0.5, 0.6) is 0 Å². The maximum atomic E-state index is 6.52. The summed E-state index contributed by atoms with van der Waals surface area (Å²) < 4.78 is 0. The molecule has 0 bridgehead atoms. The van der Waals surface area contributed by atoms with Gasteiger partial charge in [0.05, 0.1) is 0 Å². The molecular weight excluding hydrogens is 368 g/mol. The smallest absolute Gasteiger partial charge is 0.0400 e. The van der Waals surface area contributed by atoms with E-state index in [0.717, 1.165) is 55.9 Å². The lowest BCUT2D eigenvalue weighted by atomic mass is 9.86. The third kappa shape index (κ3) is 3.79. The van der Waals surface area contributed by atoms with Crippen LogP contribution in [0.15, 0.2) is 84.9 Å². The summed E-state index contributed by atoms with van der Waals surface area (Å²) in [4.78, 5) is 0. The molecule has 4 rings (SSSR count). The van der Waals surface area contributed by atoms with Crippen LogP contribution < -0.4 is 22.9 Å². The fourth-order valence-corrected chi connectivity index (χ4v) is 3.75. The van der Waals surface area contributed by atoms with E-state index in [1.54, 1.807) is 0 Å². The van der Waals surface area contributed by atoms with Crippen molar-refractivity contribution >= 4 is 11.4 Å². The van der Waals surface area contributed by atoms with E-state index >= 15 is 0 Å². The molecule has 0 amide bonds. The lowest BCUT2D eigenvalue weighted by molar-refractivity contribution is 1.07. The van der Waals surface area contributed by atoms with Crippen molar-refractivity contribution in [2.75, 3.05) is 11.5 Å². The Morgan fingerprint density at radius 2 is 0.933 bits per heavy atom. The van der Waals surface area contributed by atoms with E-state index in [1.165, 1.54) is 0 Å². The Balaban J connectivity index is 1.99. The predicted octanol–water partition coefficient (Wildman–Crippen LogP) is 4.77. The highest BCUT2D eigenvalue weighted by atomic mass is 14.6. The second-order valence-corrected chi connectivity index (χ2v) is 7.38. The number of hydrogen-bond donors (Lipinski definition) is 4. The van der Waals surface area contributed by atoms with Crippen molar-refractivity contribution in [3.05, 3.63) is 96.1 Å². The minimum Gasteiger partial charge on any atom is -0.399 e. The molecule has 150 valence electrons. The van der Waals surface area contributed by atoms with Gasteiger partial charge in [-0.3, -0.25) is 0 Å². The van der Waals surface area contributed by atoms with Gasteiger partial charge in [-0.05, 0) is 57.1 Å². The van der Waals surface area contributed by atoms with Crippen LogP contribution in [0.1, 0.15) is 11.1 Å². The van der Waals surface area contributed by atoms with Gasteiger partial charge in [-0.1, -0.05) is 66.7 Å². The van der Waals surface area contributed by atoms with Gasteiger partial charge >= 0.3 is 0 Å². The zero-order valence-corrected chi connectivity index (χ0v) is 16.8. The molecule has 4 aromatic carbocycles. The van der Waals surface area contributed by atoms with Gasteiger partial charge in [0.25, 0.3) is 0 Å². The van der Waals surface area contributed by atoms with E-state index in [1.807, 2.05) is 42.5 Å². The van der Waals surface area contributed by atoms with E-state index in [2.05, 4.69) is 42.5 Å². The van der Waals surface area contributed by atoms with Crippen LogP contribution >= 0.6 is 0 Å². The highest BCUT2D eigenvalue weighted by molar-refractivity contribution is 5.99. The summed E-state index contributed by atoms with van der Waals surface area (Å²) in [6.07, 6.45) is 0. The molecule has 0 aliphatic carbocycles. The van der Waals surface area contributed by atoms with Crippen LogP contribution in [0.25, 0.3) is 33.4 Å². The summed E-state index contributed by atoms with van der Waals surface area (Å²) in [5.41, 5.74) is 34.1. The number of nitrogens with two attached hydrogens (primary N) is 4. The van der Waals surface area contributed by atoms with Gasteiger partial charge < -0.3 is 22.9 Å². The van der Waals surface area contributed by atoms with Crippen LogP contribution in [0.3, 0.4) is 0 Å². The first-order valence-corrected chi connectivity index (χ1v) is 9.98. The van der Waals surface area contributed by atoms with E-state index in [-0.39, 0.29) is 0 Å². The molecule has 0 spiro atoms. The third-order valence-corrected chi connectivity index (χ3v) is 5.42. The molecule has 0 aliphatic rings. The van der Waals surface area contributed by atoms with Crippen molar-refractivity contribution in [2.45, 2.75) is 13.1 Å². The van der Waals surface area contributed by atoms with Crippen molar-refractivity contribution in [2.24, 2.45) is 11.5 Å². The molecule has 0 heterocycles. The van der Waals surface area contributed by atoms with Gasteiger partial charge in [0.2, 0.25) is 0 Å². The van der Waals surface area contributed by atoms with Gasteiger partial charge in [-0.25, -0.2) is 0 Å². The molecule has 8 N–H and O–H groups in total. The molecule has 0 saturated heterocycles. The second-order valence-electron chi connectivity index (χ2n) is 7.38. The highest BCUT2D eigenvalue weighted by Crippen LogP contribution is 2.43. The molecule has 0 atom stereocenters. The van der Waals surface area contributed by atoms with Crippen molar-refractivity contribution in [3.8, 4) is 33.4 Å². The van der Waals surface area contributed by atoms with Gasteiger partial charge in [0.15, 0.2) is 0 Å². The minimum atomic E-state index is 0.509. The molecule has 0 saturated carbocycles. The lowest BCUT2D eigenvalue weighted by Gasteiger charge is -2.19. The van der Waals surface area contributed by atoms with Gasteiger partial charge in [-0.2, -0.15) is 0 Å². The summed E-state index contributed by atoms with van der Waals surface area (Å²) in [5.74, 6) is 0. The average molecular weight is 395 g/mol. The van der Waals surface area contributed by atoms with Crippen LogP contribution in [0.2, 0.25) is 0 Å². The topological polar surface area (TPSA) is 104 Å². The summed E-state index contributed by atoms with van der Waals surface area (Å²) in [5, 5.41) is 0.